The third-order valence-corrected chi connectivity index (χ3v) is 9.51. The van der Waals surface area contributed by atoms with Crippen molar-refractivity contribution in [2.24, 2.45) is 0 Å². The van der Waals surface area contributed by atoms with Crippen LogP contribution >= 0.6 is 7.60 Å². The van der Waals surface area contributed by atoms with Crippen LogP contribution in [0.15, 0.2) is 36.5 Å². The summed E-state index contributed by atoms with van der Waals surface area (Å²) in [5.41, 5.74) is 0.270. The smallest absolute Gasteiger partial charge is 0.421 e. The summed E-state index contributed by atoms with van der Waals surface area (Å²) >= 11 is 0. The third kappa shape index (κ3) is 5.49. The highest BCUT2D eigenvalue weighted by molar-refractivity contribution is 7.53. The Hall–Kier alpha value is -3.87. The molecular formula is C27H31F3N5O6P. The van der Waals surface area contributed by atoms with Gasteiger partial charge in [-0.1, -0.05) is 19.9 Å². The van der Waals surface area contributed by atoms with Crippen molar-refractivity contribution in [3.8, 4) is 11.5 Å². The Labute approximate surface area is 240 Å². The van der Waals surface area contributed by atoms with Gasteiger partial charge in [0.1, 0.15) is 22.9 Å². The molecule has 0 saturated heterocycles. The molecule has 0 aliphatic carbocycles. The normalized spacial score (nSPS) is 13.7. The molecule has 0 fully saturated rings. The van der Waals surface area contributed by atoms with Crippen LogP contribution in [-0.4, -0.2) is 51.8 Å². The Kier molecular flexibility index (Phi) is 8.45. The van der Waals surface area contributed by atoms with Crippen LogP contribution < -0.4 is 20.1 Å². The van der Waals surface area contributed by atoms with Crippen molar-refractivity contribution in [3.63, 3.8) is 0 Å². The average Bonchev–Trinajstić information content (AvgIpc) is 3.23. The first-order chi connectivity index (χ1) is 19.7. The van der Waals surface area contributed by atoms with E-state index in [1.807, 2.05) is 0 Å². The second-order valence-electron chi connectivity index (χ2n) is 9.73. The Balaban J connectivity index is 1.75. The number of methoxy groups -OCH3 is 2. The number of hydrogen-bond donors (Lipinski definition) is 4. The van der Waals surface area contributed by atoms with Crippen LogP contribution in [-0.2, 0) is 22.4 Å². The lowest BCUT2D eigenvalue weighted by atomic mass is 9.92. The Morgan fingerprint density at radius 1 is 1.02 bits per heavy atom. The van der Waals surface area contributed by atoms with Gasteiger partial charge in [0.25, 0.3) is 5.91 Å². The molecule has 0 radical (unpaired) electrons. The number of carbonyl (C=O) groups excluding carboxylic acids is 1. The first-order valence-corrected chi connectivity index (χ1v) is 14.5. The molecule has 1 amide bonds. The summed E-state index contributed by atoms with van der Waals surface area (Å²) in [4.78, 5) is 42.4. The first-order valence-electron chi connectivity index (χ1n) is 12.9. The highest BCUT2D eigenvalue weighted by atomic mass is 31.2. The largest absolute Gasteiger partial charge is 0.496 e. The van der Waals surface area contributed by atoms with E-state index in [9.17, 15) is 32.3 Å². The number of benzene rings is 2. The molecule has 0 saturated carbocycles. The van der Waals surface area contributed by atoms with E-state index in [2.05, 4.69) is 20.6 Å². The van der Waals surface area contributed by atoms with Gasteiger partial charge in [0.05, 0.1) is 42.9 Å². The minimum absolute atomic E-state index is 0.116. The van der Waals surface area contributed by atoms with Crippen molar-refractivity contribution in [1.29, 1.82) is 0 Å². The van der Waals surface area contributed by atoms with E-state index in [0.29, 0.717) is 23.1 Å². The number of anilines is 4. The number of halogens is 3. The van der Waals surface area contributed by atoms with Gasteiger partial charge in [0.15, 0.2) is 0 Å². The Morgan fingerprint density at radius 2 is 1.67 bits per heavy atom. The molecule has 0 bridgehead atoms. The standard InChI is InChI=1S/C27H31F3N5O6P/c1-6-26(7-2,42(37,38)39)15-8-9-18(21(12-15)41-5)33-25-31-13-17(27(28,29)30)23(34-25)32-19-10-11-20(40-4)16-14-35(3)24(36)22(16)19/h8-13H,6-7,14H2,1-5H3,(H2,37,38,39)(H2,31,32,33,34). The quantitative estimate of drug-likeness (QED) is 0.209. The topological polar surface area (TPSA) is 146 Å². The number of amides is 1. The van der Waals surface area contributed by atoms with E-state index in [1.54, 1.807) is 27.0 Å². The number of nitrogens with zero attached hydrogens (tertiary/aromatic N) is 3. The summed E-state index contributed by atoms with van der Waals surface area (Å²) in [6.45, 7) is 3.58. The molecule has 0 unspecified atom stereocenters. The minimum Gasteiger partial charge on any atom is -0.496 e. The van der Waals surface area contributed by atoms with E-state index >= 15 is 0 Å². The molecular weight excluding hydrogens is 578 g/mol. The summed E-state index contributed by atoms with van der Waals surface area (Å²) < 4.78 is 65.1. The van der Waals surface area contributed by atoms with Crippen LogP contribution in [0, 0.1) is 0 Å². The molecule has 2 aromatic carbocycles. The number of fused-ring (bicyclic) bond motifs is 1. The summed E-state index contributed by atoms with van der Waals surface area (Å²) in [5.74, 6) is -0.603. The predicted octanol–water partition coefficient (Wildman–Crippen LogP) is 5.78. The zero-order valence-electron chi connectivity index (χ0n) is 23.5. The molecule has 2 heterocycles. The maximum atomic E-state index is 14.0. The first kappa shape index (κ1) is 31.1. The number of aromatic nitrogens is 2. The van der Waals surface area contributed by atoms with E-state index in [-0.39, 0.29) is 53.9 Å². The van der Waals surface area contributed by atoms with Gasteiger partial charge in [-0.3, -0.25) is 9.36 Å². The number of alkyl halides is 3. The van der Waals surface area contributed by atoms with Gasteiger partial charge >= 0.3 is 13.8 Å². The summed E-state index contributed by atoms with van der Waals surface area (Å²) in [7, 11) is -0.215. The van der Waals surface area contributed by atoms with E-state index in [1.165, 1.54) is 43.4 Å². The number of ether oxygens (including phenoxy) is 2. The van der Waals surface area contributed by atoms with Crippen molar-refractivity contribution >= 4 is 36.6 Å². The minimum atomic E-state index is -4.82. The maximum absolute atomic E-state index is 14.0. The summed E-state index contributed by atoms with van der Waals surface area (Å²) in [6, 6.07) is 7.48. The molecule has 4 rings (SSSR count). The van der Waals surface area contributed by atoms with Gasteiger partial charge in [0.2, 0.25) is 5.95 Å². The lowest BCUT2D eigenvalue weighted by Crippen LogP contribution is -2.24. The average molecular weight is 610 g/mol. The van der Waals surface area contributed by atoms with Crippen LogP contribution in [0.2, 0.25) is 0 Å². The second kappa shape index (κ2) is 11.4. The predicted molar refractivity (Wildman–Crippen MR) is 150 cm³/mol. The lowest BCUT2D eigenvalue weighted by molar-refractivity contribution is -0.137. The van der Waals surface area contributed by atoms with Gasteiger partial charge in [-0.15, -0.1) is 0 Å². The molecule has 42 heavy (non-hydrogen) atoms. The number of carbonyl (C=O) groups is 1. The maximum Gasteiger partial charge on any atom is 0.421 e. The fraction of sp³-hybridized carbons (Fsp3) is 0.370. The monoisotopic (exact) mass is 609 g/mol. The Morgan fingerprint density at radius 3 is 2.24 bits per heavy atom. The number of nitrogens with one attached hydrogen (secondary N) is 2. The Bertz CT molecular complexity index is 1560. The van der Waals surface area contributed by atoms with Crippen LogP contribution in [0.5, 0.6) is 11.5 Å². The molecule has 1 aliphatic heterocycles. The highest BCUT2D eigenvalue weighted by Gasteiger charge is 2.45. The lowest BCUT2D eigenvalue weighted by Gasteiger charge is -2.33. The summed E-state index contributed by atoms with van der Waals surface area (Å²) in [6.07, 6.45) is -3.88. The van der Waals surface area contributed by atoms with Crippen molar-refractivity contribution in [2.45, 2.75) is 44.6 Å². The fourth-order valence-corrected chi connectivity index (χ4v) is 6.44. The SMILES string of the molecule is CCC(CC)(c1ccc(Nc2ncc(C(F)(F)F)c(Nc3ccc(OC)c4c3C(=O)N(C)C4)n2)c(OC)c1)P(=O)(O)O. The van der Waals surface area contributed by atoms with Gasteiger partial charge in [0, 0.05) is 18.8 Å². The molecule has 1 aromatic heterocycles. The zero-order valence-corrected chi connectivity index (χ0v) is 24.4. The van der Waals surface area contributed by atoms with Crippen LogP contribution in [0.25, 0.3) is 0 Å². The number of hydrogen-bond acceptors (Lipinski definition) is 8. The van der Waals surface area contributed by atoms with Crippen LogP contribution in [0.1, 0.15) is 53.7 Å². The molecule has 0 spiro atoms. The number of rotatable bonds is 10. The molecule has 3 aromatic rings. The van der Waals surface area contributed by atoms with E-state index in [0.717, 1.165) is 0 Å². The van der Waals surface area contributed by atoms with E-state index in [4.69, 9.17) is 9.47 Å². The van der Waals surface area contributed by atoms with E-state index < -0.39 is 30.3 Å². The third-order valence-electron chi connectivity index (χ3n) is 7.51. The molecule has 4 N–H and O–H groups in total. The van der Waals surface area contributed by atoms with Gasteiger partial charge in [-0.25, -0.2) is 4.98 Å². The molecule has 0 atom stereocenters. The molecule has 226 valence electrons. The van der Waals surface area contributed by atoms with Crippen molar-refractivity contribution in [1.82, 2.24) is 14.9 Å². The summed E-state index contributed by atoms with van der Waals surface area (Å²) in [5, 5.41) is 4.05. The highest BCUT2D eigenvalue weighted by Crippen LogP contribution is 2.61. The van der Waals surface area contributed by atoms with Gasteiger partial charge in [-0.05, 0) is 42.7 Å². The zero-order chi connectivity index (χ0) is 31.0. The molecule has 15 heteroatoms. The molecule has 1 aliphatic rings. The van der Waals surface area contributed by atoms with Crippen LogP contribution in [0.3, 0.4) is 0 Å². The second-order valence-corrected chi connectivity index (χ2v) is 11.7. The fourth-order valence-electron chi connectivity index (χ4n) is 5.14. The molecule has 11 nitrogen and oxygen atoms in total. The van der Waals surface area contributed by atoms with Gasteiger partial charge in [-0.2, -0.15) is 18.2 Å². The van der Waals surface area contributed by atoms with Crippen molar-refractivity contribution in [3.05, 3.63) is 58.8 Å². The van der Waals surface area contributed by atoms with Crippen molar-refractivity contribution < 1.29 is 41.8 Å². The van der Waals surface area contributed by atoms with Gasteiger partial charge < -0.3 is 34.8 Å². The van der Waals surface area contributed by atoms with Crippen LogP contribution in [0.4, 0.5) is 36.3 Å². The van der Waals surface area contributed by atoms with Crippen molar-refractivity contribution in [2.75, 3.05) is 31.9 Å².